The lowest BCUT2D eigenvalue weighted by Gasteiger charge is -2.34. The summed E-state index contributed by atoms with van der Waals surface area (Å²) in [6.45, 7) is 1.14. The molecular weight excluding hydrogens is 328 g/mol. The molecule has 0 aromatic rings. The van der Waals surface area contributed by atoms with Crippen molar-refractivity contribution in [2.75, 3.05) is 13.2 Å². The maximum atomic E-state index is 11.2. The average molecular weight is 338 g/mol. The van der Waals surface area contributed by atoms with E-state index in [1.807, 2.05) is 0 Å². The number of hydrogen-bond acceptors (Lipinski definition) is 3. The van der Waals surface area contributed by atoms with Crippen molar-refractivity contribution in [3.63, 3.8) is 0 Å². The Morgan fingerprint density at radius 1 is 1.13 bits per heavy atom. The molecule has 15 heavy (non-hydrogen) atoms. The smallest absolute Gasteiger partial charge is 0.200 e. The van der Waals surface area contributed by atoms with Crippen molar-refractivity contribution in [3.8, 4) is 0 Å². The number of carbonyl (C=O) groups is 1. The second kappa shape index (κ2) is 4.49. The third-order valence-electron chi connectivity index (χ3n) is 2.37. The Morgan fingerprint density at radius 2 is 1.60 bits per heavy atom. The van der Waals surface area contributed by atoms with E-state index in [0.29, 0.717) is 13.2 Å². The number of alkyl halides is 2. The lowest BCUT2D eigenvalue weighted by molar-refractivity contribution is -0.140. The van der Waals surface area contributed by atoms with Crippen molar-refractivity contribution in [2.45, 2.75) is 15.4 Å². The maximum Gasteiger partial charge on any atom is 0.200 e. The van der Waals surface area contributed by atoms with E-state index in [1.165, 1.54) is 12.2 Å². The second-order valence-electron chi connectivity index (χ2n) is 3.34. The van der Waals surface area contributed by atoms with Crippen LogP contribution in [0.25, 0.3) is 0 Å². The first-order valence-corrected chi connectivity index (χ1v) is 6.45. The third kappa shape index (κ3) is 2.11. The Morgan fingerprint density at radius 3 is 2.07 bits per heavy atom. The van der Waals surface area contributed by atoms with Gasteiger partial charge in [-0.3, -0.25) is 4.79 Å². The number of halogens is 2. The molecule has 1 fully saturated rings. The van der Waals surface area contributed by atoms with Gasteiger partial charge >= 0.3 is 0 Å². The summed E-state index contributed by atoms with van der Waals surface area (Å²) in [4.78, 5) is 10.9. The normalized spacial score (nSPS) is 38.7. The molecule has 82 valence electrons. The van der Waals surface area contributed by atoms with Crippen molar-refractivity contribution in [1.82, 2.24) is 0 Å². The van der Waals surface area contributed by atoms with Crippen LogP contribution < -0.4 is 0 Å². The lowest BCUT2D eigenvalue weighted by atomic mass is 10.0. The number of allylic oxidation sites excluding steroid dienone is 2. The second-order valence-corrected chi connectivity index (χ2v) is 5.32. The van der Waals surface area contributed by atoms with Crippen molar-refractivity contribution in [2.24, 2.45) is 0 Å². The first kappa shape index (κ1) is 11.5. The van der Waals surface area contributed by atoms with Gasteiger partial charge < -0.3 is 9.47 Å². The number of hydrogen-bond donors (Lipinski definition) is 0. The fourth-order valence-corrected chi connectivity index (χ4v) is 3.36. The predicted octanol–water partition coefficient (Wildman–Crippen LogP) is 1.95. The first-order chi connectivity index (χ1) is 7.15. The number of carbonyl (C=O) groups excluding carboxylic acids is 1. The van der Waals surface area contributed by atoms with Gasteiger partial charge in [-0.1, -0.05) is 44.0 Å². The van der Waals surface area contributed by atoms with Crippen LogP contribution in [0.4, 0.5) is 0 Å². The van der Waals surface area contributed by atoms with Crippen molar-refractivity contribution >= 4 is 37.6 Å². The van der Waals surface area contributed by atoms with E-state index >= 15 is 0 Å². The van der Waals surface area contributed by atoms with Crippen molar-refractivity contribution in [1.29, 1.82) is 0 Å². The van der Waals surface area contributed by atoms with Gasteiger partial charge in [0.1, 0.15) is 0 Å². The zero-order valence-corrected chi connectivity index (χ0v) is 11.0. The van der Waals surface area contributed by atoms with E-state index in [2.05, 4.69) is 31.9 Å². The molecule has 2 rings (SSSR count). The van der Waals surface area contributed by atoms with Gasteiger partial charge in [0, 0.05) is 0 Å². The highest BCUT2D eigenvalue weighted by Gasteiger charge is 2.47. The summed E-state index contributed by atoms with van der Waals surface area (Å²) >= 11 is 6.94. The first-order valence-electron chi connectivity index (χ1n) is 4.61. The monoisotopic (exact) mass is 336 g/mol. The largest absolute Gasteiger partial charge is 0.345 e. The Bertz CT molecular complexity index is 295. The maximum absolute atomic E-state index is 11.2. The topological polar surface area (TPSA) is 35.5 Å². The van der Waals surface area contributed by atoms with Gasteiger partial charge in [0.25, 0.3) is 0 Å². The third-order valence-corrected chi connectivity index (χ3v) is 4.25. The van der Waals surface area contributed by atoms with Crippen LogP contribution in [-0.4, -0.2) is 34.4 Å². The van der Waals surface area contributed by atoms with Crippen LogP contribution in [0.15, 0.2) is 24.3 Å². The molecule has 2 aliphatic rings. The minimum Gasteiger partial charge on any atom is -0.345 e. The molecule has 3 nitrogen and oxygen atoms in total. The minimum absolute atomic E-state index is 0.0308. The zero-order chi connectivity index (χ0) is 10.9. The Balaban J connectivity index is 2.32. The van der Waals surface area contributed by atoms with Crippen LogP contribution >= 0.6 is 31.9 Å². The Labute approximate surface area is 105 Å². The Hall–Kier alpha value is 0.0300. The van der Waals surface area contributed by atoms with E-state index in [1.54, 1.807) is 12.2 Å². The number of rotatable bonds is 0. The molecule has 0 N–H and O–H groups in total. The molecule has 0 saturated carbocycles. The standard InChI is InChI=1S/C10H10Br2O3/c11-8-3-1-7(13)2-4-9(12)10(8)14-5-6-15-10/h1-4,8-9H,5-6H2/b3-1-,4-2-/t8-,9-/m1/s1. The van der Waals surface area contributed by atoms with Gasteiger partial charge in [0.2, 0.25) is 5.79 Å². The molecule has 1 saturated heterocycles. The Kier molecular flexibility index (Phi) is 3.45. The molecule has 1 heterocycles. The van der Waals surface area contributed by atoms with Crippen molar-refractivity contribution < 1.29 is 14.3 Å². The minimum atomic E-state index is -0.742. The fraction of sp³-hybridized carbons (Fsp3) is 0.500. The van der Waals surface area contributed by atoms with Gasteiger partial charge in [-0.15, -0.1) is 0 Å². The van der Waals surface area contributed by atoms with Gasteiger partial charge in [0.05, 0.1) is 22.9 Å². The summed E-state index contributed by atoms with van der Waals surface area (Å²) in [7, 11) is 0. The molecule has 0 aromatic heterocycles. The van der Waals surface area contributed by atoms with E-state index in [4.69, 9.17) is 9.47 Å². The summed E-state index contributed by atoms with van der Waals surface area (Å²) in [5.74, 6) is -0.773. The molecule has 0 aromatic carbocycles. The molecule has 0 amide bonds. The van der Waals surface area contributed by atoms with Gasteiger partial charge in [-0.2, -0.15) is 0 Å². The van der Waals surface area contributed by atoms with Crippen LogP contribution in [0.5, 0.6) is 0 Å². The molecular formula is C10H10Br2O3. The zero-order valence-electron chi connectivity index (χ0n) is 7.86. The molecule has 5 heteroatoms. The lowest BCUT2D eigenvalue weighted by Crippen LogP contribution is -2.47. The van der Waals surface area contributed by atoms with Gasteiger partial charge in [0.15, 0.2) is 5.78 Å². The summed E-state index contributed by atoms with van der Waals surface area (Å²) in [5, 5.41) is 0. The number of ether oxygens (including phenoxy) is 2. The summed E-state index contributed by atoms with van der Waals surface area (Å²) in [6.07, 6.45) is 6.54. The SMILES string of the molecule is O=C1/C=C\[C@@H](Br)C2(OCCO2)[C@H](Br)/C=C\1. The summed E-state index contributed by atoms with van der Waals surface area (Å²) < 4.78 is 11.3. The van der Waals surface area contributed by atoms with Gasteiger partial charge in [-0.25, -0.2) is 0 Å². The molecule has 1 aliphatic carbocycles. The van der Waals surface area contributed by atoms with E-state index in [0.717, 1.165) is 0 Å². The average Bonchev–Trinajstić information content (AvgIpc) is 2.71. The highest BCUT2D eigenvalue weighted by atomic mass is 79.9. The van der Waals surface area contributed by atoms with Crippen LogP contribution in [0.1, 0.15) is 0 Å². The van der Waals surface area contributed by atoms with Crippen LogP contribution in [0, 0.1) is 0 Å². The quantitative estimate of drug-likeness (QED) is 0.634. The van der Waals surface area contributed by atoms with Crippen molar-refractivity contribution in [3.05, 3.63) is 24.3 Å². The van der Waals surface area contributed by atoms with E-state index in [-0.39, 0.29) is 15.4 Å². The van der Waals surface area contributed by atoms with Gasteiger partial charge in [-0.05, 0) is 12.2 Å². The van der Waals surface area contributed by atoms with Crippen LogP contribution in [0.2, 0.25) is 0 Å². The highest BCUT2D eigenvalue weighted by Crippen LogP contribution is 2.37. The molecule has 1 spiro atoms. The molecule has 1 aliphatic heterocycles. The molecule has 0 unspecified atom stereocenters. The van der Waals surface area contributed by atoms with E-state index in [9.17, 15) is 4.79 Å². The van der Waals surface area contributed by atoms with E-state index < -0.39 is 5.79 Å². The van der Waals surface area contributed by atoms with Crippen LogP contribution in [-0.2, 0) is 14.3 Å². The van der Waals surface area contributed by atoms with Crippen LogP contribution in [0.3, 0.4) is 0 Å². The number of ketones is 1. The molecule has 0 radical (unpaired) electrons. The summed E-state index contributed by atoms with van der Waals surface area (Å²) in [5.41, 5.74) is 0. The molecule has 2 atom stereocenters. The fourth-order valence-electron chi connectivity index (χ4n) is 1.60. The molecule has 0 bridgehead atoms. The predicted molar refractivity (Wildman–Crippen MR) is 63.4 cm³/mol. The summed E-state index contributed by atoms with van der Waals surface area (Å²) in [6, 6.07) is 0. The highest BCUT2D eigenvalue weighted by molar-refractivity contribution is 9.10.